The van der Waals surface area contributed by atoms with Gasteiger partial charge in [-0.2, -0.15) is 0 Å². The lowest BCUT2D eigenvalue weighted by atomic mass is 9.65. The van der Waals surface area contributed by atoms with Crippen LogP contribution >= 0.6 is 0 Å². The van der Waals surface area contributed by atoms with Crippen LogP contribution in [0.3, 0.4) is 0 Å². The molecule has 2 heteroatoms. The molecule has 0 saturated heterocycles. The fraction of sp³-hybridized carbons (Fsp3) is 0.294. The summed E-state index contributed by atoms with van der Waals surface area (Å²) >= 11 is 0. The monoisotopic (exact) mass is 919 g/mol. The third-order valence-corrected chi connectivity index (χ3v) is 15.1. The number of hydrogen-bond acceptors (Lipinski definition) is 2. The van der Waals surface area contributed by atoms with E-state index in [-0.39, 0.29) is 16.2 Å². The summed E-state index contributed by atoms with van der Waals surface area (Å²) in [5.74, 6) is 0. The zero-order chi connectivity index (χ0) is 49.2. The van der Waals surface area contributed by atoms with Crippen molar-refractivity contribution in [3.05, 3.63) is 249 Å². The summed E-state index contributed by atoms with van der Waals surface area (Å²) in [6.45, 7) is 22.5. The van der Waals surface area contributed by atoms with Crippen LogP contribution in [0.4, 0.5) is 34.1 Å². The highest BCUT2D eigenvalue weighted by atomic mass is 15.1. The third kappa shape index (κ3) is 10.6. The Morgan fingerprint density at radius 2 is 0.657 bits per heavy atom. The molecule has 0 spiro atoms. The fourth-order valence-corrected chi connectivity index (χ4v) is 11.0. The Hall–Kier alpha value is -6.64. The molecule has 1 fully saturated rings. The van der Waals surface area contributed by atoms with E-state index >= 15 is 0 Å². The molecule has 0 aliphatic heterocycles. The standard InChI is InChI=1S/C68H74N2/c1-48-14-40-64(50(3)44-48)69(60-32-20-54(21-33-60)46-52-16-24-56(25-17-52)66(5,6)7)62-36-28-58(29-37-62)68(42-12-11-13-43-68)59-30-38-63(39-31-59)70(65-41-15-49(2)45-51(65)4)61-34-22-55(23-35-61)47-53-18-26-57(27-19-53)67(8,9)10/h14-41,44-45H,11-13,42-43,46-47H2,1-10H3. The van der Waals surface area contributed by atoms with Crippen molar-refractivity contribution >= 4 is 34.1 Å². The highest BCUT2D eigenvalue weighted by molar-refractivity contribution is 5.80. The van der Waals surface area contributed by atoms with Crippen LogP contribution in [0.1, 0.15) is 140 Å². The quantitative estimate of drug-likeness (QED) is 0.120. The minimum Gasteiger partial charge on any atom is -0.310 e. The van der Waals surface area contributed by atoms with Crippen LogP contribution < -0.4 is 9.80 Å². The van der Waals surface area contributed by atoms with Gasteiger partial charge in [-0.15, -0.1) is 0 Å². The van der Waals surface area contributed by atoms with Gasteiger partial charge in [-0.1, -0.05) is 193 Å². The van der Waals surface area contributed by atoms with Gasteiger partial charge in [0.25, 0.3) is 0 Å². The Bertz CT molecular complexity index is 2800. The van der Waals surface area contributed by atoms with Gasteiger partial charge >= 0.3 is 0 Å². The molecule has 356 valence electrons. The zero-order valence-corrected chi connectivity index (χ0v) is 43.7. The maximum Gasteiger partial charge on any atom is 0.0490 e. The van der Waals surface area contributed by atoms with Gasteiger partial charge in [0.1, 0.15) is 0 Å². The van der Waals surface area contributed by atoms with Gasteiger partial charge in [0.2, 0.25) is 0 Å². The Morgan fingerprint density at radius 3 is 0.957 bits per heavy atom. The van der Waals surface area contributed by atoms with Crippen LogP contribution in [0.25, 0.3) is 0 Å². The second-order valence-electron chi connectivity index (χ2n) is 22.6. The van der Waals surface area contributed by atoms with Crippen molar-refractivity contribution in [1.82, 2.24) is 0 Å². The lowest BCUT2D eigenvalue weighted by Gasteiger charge is -2.39. The number of hydrogen-bond donors (Lipinski definition) is 0. The normalized spacial score (nSPS) is 13.8. The maximum atomic E-state index is 2.45. The molecule has 0 aromatic heterocycles. The van der Waals surface area contributed by atoms with Gasteiger partial charge in [0.15, 0.2) is 0 Å². The molecule has 1 aliphatic carbocycles. The second-order valence-corrected chi connectivity index (χ2v) is 22.6. The average Bonchev–Trinajstić information content (AvgIpc) is 3.34. The summed E-state index contributed by atoms with van der Waals surface area (Å²) in [4.78, 5) is 4.89. The van der Waals surface area contributed by atoms with Crippen LogP contribution in [0, 0.1) is 27.7 Å². The molecule has 8 aromatic carbocycles. The molecule has 0 unspecified atom stereocenters. The molecule has 1 aliphatic rings. The van der Waals surface area contributed by atoms with E-state index in [1.807, 2.05) is 0 Å². The highest BCUT2D eigenvalue weighted by Crippen LogP contribution is 2.48. The van der Waals surface area contributed by atoms with Crippen molar-refractivity contribution < 1.29 is 0 Å². The van der Waals surface area contributed by atoms with Gasteiger partial charge in [-0.25, -0.2) is 0 Å². The maximum absolute atomic E-state index is 2.45. The Kier molecular flexibility index (Phi) is 13.8. The molecular weight excluding hydrogens is 845 g/mol. The smallest absolute Gasteiger partial charge is 0.0490 e. The van der Waals surface area contributed by atoms with E-state index in [4.69, 9.17) is 0 Å². The van der Waals surface area contributed by atoms with Crippen molar-refractivity contribution in [1.29, 1.82) is 0 Å². The van der Waals surface area contributed by atoms with Crippen molar-refractivity contribution in [3.8, 4) is 0 Å². The summed E-state index contributed by atoms with van der Waals surface area (Å²) in [5, 5.41) is 0. The predicted molar refractivity (Wildman–Crippen MR) is 301 cm³/mol. The van der Waals surface area contributed by atoms with E-state index in [2.05, 4.69) is 261 Å². The van der Waals surface area contributed by atoms with Crippen molar-refractivity contribution in [2.45, 2.75) is 130 Å². The topological polar surface area (TPSA) is 6.48 Å². The number of benzene rings is 8. The SMILES string of the molecule is Cc1ccc(N(c2ccc(Cc3ccc(C(C)(C)C)cc3)cc2)c2ccc(C3(c4ccc(N(c5ccc(Cc6ccc(C(C)(C)C)cc6)cc5)c5ccc(C)cc5C)cc4)CCCCC3)cc2)c(C)c1. The van der Waals surface area contributed by atoms with E-state index in [9.17, 15) is 0 Å². The van der Waals surface area contributed by atoms with Crippen molar-refractivity contribution in [2.24, 2.45) is 0 Å². The molecule has 70 heavy (non-hydrogen) atoms. The summed E-state index contributed by atoms with van der Waals surface area (Å²) in [5.41, 5.74) is 23.3. The largest absolute Gasteiger partial charge is 0.310 e. The minimum absolute atomic E-state index is 0.0516. The molecule has 0 bridgehead atoms. The van der Waals surface area contributed by atoms with E-state index < -0.39 is 0 Å². The highest BCUT2D eigenvalue weighted by Gasteiger charge is 2.36. The first kappa shape index (κ1) is 48.4. The lowest BCUT2D eigenvalue weighted by Crippen LogP contribution is -2.30. The average molecular weight is 919 g/mol. The van der Waals surface area contributed by atoms with Crippen LogP contribution in [-0.2, 0) is 29.1 Å². The van der Waals surface area contributed by atoms with Crippen molar-refractivity contribution in [2.75, 3.05) is 9.80 Å². The minimum atomic E-state index is -0.0516. The van der Waals surface area contributed by atoms with Gasteiger partial charge in [0.05, 0.1) is 0 Å². The first-order chi connectivity index (χ1) is 33.5. The van der Waals surface area contributed by atoms with E-state index in [1.54, 1.807) is 0 Å². The number of rotatable bonds is 12. The molecule has 1 saturated carbocycles. The first-order valence-corrected chi connectivity index (χ1v) is 25.9. The van der Waals surface area contributed by atoms with Crippen LogP contribution in [0.5, 0.6) is 0 Å². The molecule has 0 atom stereocenters. The predicted octanol–water partition coefficient (Wildman–Crippen LogP) is 18.9. The van der Waals surface area contributed by atoms with E-state index in [0.29, 0.717) is 0 Å². The number of anilines is 6. The zero-order valence-electron chi connectivity index (χ0n) is 43.7. The molecule has 0 heterocycles. The second kappa shape index (κ2) is 20.0. The van der Waals surface area contributed by atoms with Gasteiger partial charge in [-0.3, -0.25) is 0 Å². The fourth-order valence-electron chi connectivity index (χ4n) is 11.0. The van der Waals surface area contributed by atoms with Crippen LogP contribution in [0.2, 0.25) is 0 Å². The van der Waals surface area contributed by atoms with Crippen molar-refractivity contribution in [3.63, 3.8) is 0 Å². The summed E-state index contributed by atoms with van der Waals surface area (Å²) in [6.07, 6.45) is 7.87. The number of aryl methyl sites for hydroxylation is 4. The van der Waals surface area contributed by atoms with Gasteiger partial charge in [-0.05, 0) is 181 Å². The van der Waals surface area contributed by atoms with E-state index in [1.165, 1.54) is 120 Å². The summed E-state index contributed by atoms with van der Waals surface area (Å²) < 4.78 is 0. The third-order valence-electron chi connectivity index (χ3n) is 15.1. The Labute approximate surface area is 421 Å². The first-order valence-electron chi connectivity index (χ1n) is 25.9. The molecule has 0 N–H and O–H groups in total. The molecule has 0 amide bonds. The van der Waals surface area contributed by atoms with Crippen LogP contribution in [-0.4, -0.2) is 0 Å². The molecule has 9 rings (SSSR count). The number of nitrogens with zero attached hydrogens (tertiary/aromatic N) is 2. The molecule has 0 radical (unpaired) electrons. The summed E-state index contributed by atoms with van der Waals surface area (Å²) in [6, 6.07) is 69.7. The molecule has 2 nitrogen and oxygen atoms in total. The lowest BCUT2D eigenvalue weighted by molar-refractivity contribution is 0.346. The Morgan fingerprint density at radius 1 is 0.357 bits per heavy atom. The van der Waals surface area contributed by atoms with Gasteiger partial charge in [0, 0.05) is 39.5 Å². The summed E-state index contributed by atoms with van der Waals surface area (Å²) in [7, 11) is 0. The van der Waals surface area contributed by atoms with E-state index in [0.717, 1.165) is 25.7 Å². The Balaban J connectivity index is 1.01. The van der Waals surface area contributed by atoms with Crippen LogP contribution in [0.15, 0.2) is 182 Å². The molecular formula is C68H74N2. The molecule has 8 aromatic rings. The van der Waals surface area contributed by atoms with Gasteiger partial charge < -0.3 is 9.80 Å².